The summed E-state index contributed by atoms with van der Waals surface area (Å²) in [5.41, 5.74) is 1.70. The first-order valence-electron chi connectivity index (χ1n) is 10.9. The Morgan fingerprint density at radius 1 is 1.26 bits per heavy atom. The van der Waals surface area contributed by atoms with Gasteiger partial charge in [-0.3, -0.25) is 4.90 Å². The number of ether oxygens (including phenoxy) is 4. The van der Waals surface area contributed by atoms with E-state index in [-0.39, 0.29) is 19.1 Å². The van der Waals surface area contributed by atoms with Gasteiger partial charge in [-0.05, 0) is 47.4 Å². The molecule has 34 heavy (non-hydrogen) atoms. The van der Waals surface area contributed by atoms with E-state index in [2.05, 4.69) is 23.7 Å². The third-order valence-corrected chi connectivity index (χ3v) is 7.07. The highest BCUT2D eigenvalue weighted by atomic mass is 16.8. The number of allylic oxidation sites excluding steroid dienone is 2. The topological polar surface area (TPSA) is 94.5 Å². The van der Waals surface area contributed by atoms with Crippen molar-refractivity contribution < 1.29 is 33.6 Å². The number of methoxy groups -OCH3 is 2. The minimum absolute atomic E-state index is 0.0440. The van der Waals surface area contributed by atoms with E-state index in [1.807, 2.05) is 13.0 Å². The van der Waals surface area contributed by atoms with E-state index in [4.69, 9.17) is 18.9 Å². The SMILES string of the molecule is COC(=O)N1c2ccc(OC)cc2C2=C3[C@@H](C)[C@@H](CO)[C@@]4(COC(=O)O4)[C@H]2C#C/C=C\C#C[C@@H]31. The van der Waals surface area contributed by atoms with Gasteiger partial charge in [0.05, 0.1) is 32.4 Å². The summed E-state index contributed by atoms with van der Waals surface area (Å²) >= 11 is 0. The van der Waals surface area contributed by atoms with Crippen molar-refractivity contribution >= 4 is 23.5 Å². The molecule has 5 atom stereocenters. The Labute approximate surface area is 197 Å². The molecule has 4 bridgehead atoms. The third kappa shape index (κ3) is 2.99. The number of hydrogen-bond donors (Lipinski definition) is 1. The summed E-state index contributed by atoms with van der Waals surface area (Å²) in [7, 11) is 2.88. The van der Waals surface area contributed by atoms with Crippen LogP contribution in [0.4, 0.5) is 15.3 Å². The molecular weight excluding hydrogens is 438 g/mol. The van der Waals surface area contributed by atoms with Gasteiger partial charge in [-0.25, -0.2) is 9.59 Å². The second kappa shape index (κ2) is 8.16. The average Bonchev–Trinajstić information content (AvgIpc) is 3.23. The number of hydrogen-bond acceptors (Lipinski definition) is 7. The van der Waals surface area contributed by atoms with E-state index in [0.717, 1.165) is 11.1 Å². The molecule has 1 saturated heterocycles. The molecule has 0 radical (unpaired) electrons. The molecule has 0 saturated carbocycles. The Morgan fingerprint density at radius 2 is 2.03 bits per heavy atom. The molecule has 8 nitrogen and oxygen atoms in total. The van der Waals surface area contributed by atoms with Gasteiger partial charge in [-0.2, -0.15) is 0 Å². The molecule has 2 aliphatic heterocycles. The van der Waals surface area contributed by atoms with E-state index < -0.39 is 35.7 Å². The maximum Gasteiger partial charge on any atom is 0.509 e. The Bertz CT molecular complexity index is 1260. The molecule has 0 aromatic heterocycles. The number of carbonyl (C=O) groups excluding carboxylic acids is 2. The number of anilines is 1. The first kappa shape index (κ1) is 21.9. The summed E-state index contributed by atoms with van der Waals surface area (Å²) in [6.07, 6.45) is 1.87. The van der Waals surface area contributed by atoms with Crippen LogP contribution in [0, 0.1) is 41.4 Å². The molecule has 174 valence electrons. The van der Waals surface area contributed by atoms with Crippen LogP contribution in [0.15, 0.2) is 35.9 Å². The van der Waals surface area contributed by atoms with Crippen molar-refractivity contribution in [1.82, 2.24) is 0 Å². The normalized spacial score (nSPS) is 31.2. The van der Waals surface area contributed by atoms with Gasteiger partial charge in [-0.15, -0.1) is 0 Å². The Kier molecular flexibility index (Phi) is 5.27. The van der Waals surface area contributed by atoms with Crippen LogP contribution in [0.2, 0.25) is 0 Å². The molecule has 4 aliphatic rings. The lowest BCUT2D eigenvalue weighted by Crippen LogP contribution is -2.58. The largest absolute Gasteiger partial charge is 0.509 e. The van der Waals surface area contributed by atoms with Crippen LogP contribution in [0.3, 0.4) is 0 Å². The van der Waals surface area contributed by atoms with Crippen LogP contribution in [-0.2, 0) is 14.2 Å². The summed E-state index contributed by atoms with van der Waals surface area (Å²) in [6, 6.07) is 4.70. The summed E-state index contributed by atoms with van der Waals surface area (Å²) < 4.78 is 21.7. The van der Waals surface area contributed by atoms with Crippen molar-refractivity contribution in [2.24, 2.45) is 17.8 Å². The van der Waals surface area contributed by atoms with Gasteiger partial charge in [0.25, 0.3) is 0 Å². The fourth-order valence-electron chi connectivity index (χ4n) is 5.57. The zero-order valence-corrected chi connectivity index (χ0v) is 19.0. The van der Waals surface area contributed by atoms with E-state index in [9.17, 15) is 14.7 Å². The van der Waals surface area contributed by atoms with Crippen LogP contribution in [0.5, 0.6) is 5.75 Å². The number of cyclic esters (lactones) is 1. The average molecular weight is 461 g/mol. The lowest BCUT2D eigenvalue weighted by Gasteiger charge is -2.51. The zero-order valence-electron chi connectivity index (χ0n) is 19.0. The lowest BCUT2D eigenvalue weighted by atomic mass is 9.58. The number of rotatable bonds is 2. The van der Waals surface area contributed by atoms with Gasteiger partial charge < -0.3 is 24.1 Å². The Hall–Kier alpha value is -3.88. The zero-order chi connectivity index (χ0) is 24.0. The molecule has 1 amide bonds. The Balaban J connectivity index is 1.88. The third-order valence-electron chi connectivity index (χ3n) is 7.07. The second-order valence-corrected chi connectivity index (χ2v) is 8.51. The predicted molar refractivity (Wildman–Crippen MR) is 122 cm³/mol. The van der Waals surface area contributed by atoms with Gasteiger partial charge in [-0.1, -0.05) is 30.6 Å². The highest BCUT2D eigenvalue weighted by Gasteiger charge is 2.62. The predicted octanol–water partition coefficient (Wildman–Crippen LogP) is 2.76. The molecule has 0 unspecified atom stereocenters. The molecule has 1 N–H and O–H groups in total. The van der Waals surface area contributed by atoms with Crippen molar-refractivity contribution in [1.29, 1.82) is 0 Å². The van der Waals surface area contributed by atoms with Crippen molar-refractivity contribution in [3.63, 3.8) is 0 Å². The number of amides is 1. The number of aliphatic hydroxyl groups is 1. The summed E-state index contributed by atoms with van der Waals surface area (Å²) in [5, 5.41) is 10.5. The molecular formula is C26H23NO7. The smallest absolute Gasteiger partial charge is 0.497 e. The maximum atomic E-state index is 13.0. The molecule has 1 fully saturated rings. The van der Waals surface area contributed by atoms with Crippen molar-refractivity contribution in [2.75, 3.05) is 32.3 Å². The summed E-state index contributed by atoms with van der Waals surface area (Å²) in [5.74, 6) is 11.5. The Morgan fingerprint density at radius 3 is 2.68 bits per heavy atom. The fraction of sp³-hybridized carbons (Fsp3) is 0.385. The first-order chi connectivity index (χ1) is 16.5. The minimum Gasteiger partial charge on any atom is -0.497 e. The van der Waals surface area contributed by atoms with Gasteiger partial charge in [0.2, 0.25) is 0 Å². The van der Waals surface area contributed by atoms with Gasteiger partial charge in [0.15, 0.2) is 5.60 Å². The molecule has 1 aromatic carbocycles. The van der Waals surface area contributed by atoms with Crippen LogP contribution in [-0.4, -0.2) is 56.4 Å². The van der Waals surface area contributed by atoms with E-state index >= 15 is 0 Å². The standard InChI is InChI=1S/C26H23NO7/c1-15-19(13-28)26(14-33-25(30)34-26)18-8-6-4-5-7-9-21-22(15)23(18)17-12-16(31-2)10-11-20(17)27(21)24(29)32-3/h4-5,10-12,15,18-19,21,28H,13-14H2,1-3H3/b5-4-/t15-,18-,19+,21-,26+/m0/s1. The van der Waals surface area contributed by atoms with Crippen molar-refractivity contribution in [3.05, 3.63) is 41.5 Å². The fourth-order valence-corrected chi connectivity index (χ4v) is 5.57. The van der Waals surface area contributed by atoms with Crippen LogP contribution >= 0.6 is 0 Å². The molecule has 2 heterocycles. The van der Waals surface area contributed by atoms with E-state index in [1.54, 1.807) is 31.4 Å². The highest BCUT2D eigenvalue weighted by molar-refractivity contribution is 6.00. The first-order valence-corrected chi connectivity index (χ1v) is 10.9. The molecule has 1 spiro atoms. The van der Waals surface area contributed by atoms with Gasteiger partial charge >= 0.3 is 12.2 Å². The number of fused-ring (bicyclic) bond motifs is 2. The maximum absolute atomic E-state index is 13.0. The van der Waals surface area contributed by atoms with Crippen molar-refractivity contribution in [3.8, 4) is 29.4 Å². The molecule has 1 aromatic rings. The van der Waals surface area contributed by atoms with E-state index in [0.29, 0.717) is 17.0 Å². The van der Waals surface area contributed by atoms with Crippen LogP contribution in [0.25, 0.3) is 5.57 Å². The number of carbonyl (C=O) groups is 2. The quantitative estimate of drug-likeness (QED) is 0.535. The monoisotopic (exact) mass is 461 g/mol. The summed E-state index contributed by atoms with van der Waals surface area (Å²) in [4.78, 5) is 26.8. The molecule has 5 rings (SSSR count). The second-order valence-electron chi connectivity index (χ2n) is 8.51. The van der Waals surface area contributed by atoms with Crippen molar-refractivity contribution in [2.45, 2.75) is 18.6 Å². The molecule has 2 aliphatic carbocycles. The van der Waals surface area contributed by atoms with E-state index in [1.165, 1.54) is 12.0 Å². The molecule has 8 heteroatoms. The number of aliphatic hydroxyl groups excluding tert-OH is 1. The minimum atomic E-state index is -1.20. The van der Waals surface area contributed by atoms with Gasteiger partial charge in [0, 0.05) is 11.5 Å². The van der Waals surface area contributed by atoms with Crippen LogP contribution < -0.4 is 9.64 Å². The van der Waals surface area contributed by atoms with Crippen LogP contribution in [0.1, 0.15) is 12.5 Å². The highest BCUT2D eigenvalue weighted by Crippen LogP contribution is 2.57. The van der Waals surface area contributed by atoms with Gasteiger partial charge in [0.1, 0.15) is 18.4 Å². The summed E-state index contributed by atoms with van der Waals surface area (Å²) in [6.45, 7) is 1.62. The number of benzene rings is 1. The lowest BCUT2D eigenvalue weighted by molar-refractivity contribution is -0.0538. The number of nitrogens with zero attached hydrogens (tertiary/aromatic N) is 1.